The molecule has 0 heterocycles. The second kappa shape index (κ2) is 5.78. The molecule has 0 aromatic heterocycles. The fourth-order valence-corrected chi connectivity index (χ4v) is 1.59. The monoisotopic (exact) mass is 192 g/mol. The summed E-state index contributed by atoms with van der Waals surface area (Å²) in [4.78, 5) is 0. The average molecular weight is 192 g/mol. The first-order chi connectivity index (χ1) is 6.68. The van der Waals surface area contributed by atoms with Crippen LogP contribution in [0.3, 0.4) is 0 Å². The van der Waals surface area contributed by atoms with Crippen LogP contribution in [0.15, 0.2) is 30.3 Å². The number of rotatable bonds is 5. The summed E-state index contributed by atoms with van der Waals surface area (Å²) in [6.07, 6.45) is 2.98. The fourth-order valence-electron chi connectivity index (χ4n) is 1.59. The molecule has 0 bridgehead atoms. The van der Waals surface area contributed by atoms with E-state index in [0.717, 1.165) is 19.3 Å². The number of nitrogens with two attached hydrogens (primary N) is 2. The minimum Gasteiger partial charge on any atom is -0.328 e. The van der Waals surface area contributed by atoms with Crippen molar-refractivity contribution in [3.05, 3.63) is 35.9 Å². The molecular formula is C12H20N2. The van der Waals surface area contributed by atoms with Crippen molar-refractivity contribution in [2.24, 2.45) is 11.5 Å². The predicted molar refractivity (Wildman–Crippen MR) is 61.0 cm³/mol. The molecule has 1 aromatic rings. The summed E-state index contributed by atoms with van der Waals surface area (Å²) in [5.41, 5.74) is 13.0. The van der Waals surface area contributed by atoms with E-state index in [0.29, 0.717) is 0 Å². The lowest BCUT2D eigenvalue weighted by Crippen LogP contribution is -2.29. The Bertz CT molecular complexity index is 244. The van der Waals surface area contributed by atoms with Gasteiger partial charge in [0.25, 0.3) is 0 Å². The molecule has 0 radical (unpaired) electrons. The van der Waals surface area contributed by atoms with Crippen molar-refractivity contribution < 1.29 is 0 Å². The number of hydrogen-bond acceptors (Lipinski definition) is 2. The van der Waals surface area contributed by atoms with Crippen LogP contribution in [0.2, 0.25) is 0 Å². The van der Waals surface area contributed by atoms with Crippen LogP contribution in [-0.4, -0.2) is 12.1 Å². The third-order valence-electron chi connectivity index (χ3n) is 2.32. The summed E-state index contributed by atoms with van der Waals surface area (Å²) >= 11 is 0. The Morgan fingerprint density at radius 3 is 2.36 bits per heavy atom. The summed E-state index contributed by atoms with van der Waals surface area (Å²) in [7, 11) is 0. The smallest absolute Gasteiger partial charge is 0.00566 e. The van der Waals surface area contributed by atoms with Crippen LogP contribution >= 0.6 is 0 Å². The summed E-state index contributed by atoms with van der Waals surface area (Å²) in [5.74, 6) is 0. The summed E-state index contributed by atoms with van der Waals surface area (Å²) in [6, 6.07) is 10.9. The number of benzene rings is 1. The van der Waals surface area contributed by atoms with E-state index in [1.165, 1.54) is 5.56 Å². The first-order valence-electron chi connectivity index (χ1n) is 5.23. The highest BCUT2D eigenvalue weighted by Crippen LogP contribution is 2.06. The molecule has 2 unspecified atom stereocenters. The molecule has 2 atom stereocenters. The van der Waals surface area contributed by atoms with E-state index < -0.39 is 0 Å². The van der Waals surface area contributed by atoms with Gasteiger partial charge in [-0.05, 0) is 31.7 Å². The minimum atomic E-state index is 0.209. The van der Waals surface area contributed by atoms with Gasteiger partial charge in [0.05, 0.1) is 0 Å². The van der Waals surface area contributed by atoms with E-state index in [1.54, 1.807) is 0 Å². The largest absolute Gasteiger partial charge is 0.328 e. The normalized spacial score (nSPS) is 15.1. The molecule has 1 aromatic carbocycles. The van der Waals surface area contributed by atoms with Gasteiger partial charge >= 0.3 is 0 Å². The van der Waals surface area contributed by atoms with Crippen LogP contribution < -0.4 is 11.5 Å². The lowest BCUT2D eigenvalue weighted by molar-refractivity contribution is 0.517. The van der Waals surface area contributed by atoms with Crippen LogP contribution in [-0.2, 0) is 6.42 Å². The van der Waals surface area contributed by atoms with Crippen molar-refractivity contribution in [3.63, 3.8) is 0 Å². The SMILES string of the molecule is CC(N)CC(N)CCc1ccccc1. The van der Waals surface area contributed by atoms with Gasteiger partial charge in [0, 0.05) is 12.1 Å². The van der Waals surface area contributed by atoms with Gasteiger partial charge in [-0.1, -0.05) is 30.3 Å². The maximum absolute atomic E-state index is 5.94. The van der Waals surface area contributed by atoms with Gasteiger partial charge in [-0.2, -0.15) is 0 Å². The zero-order valence-electron chi connectivity index (χ0n) is 8.82. The highest BCUT2D eigenvalue weighted by atomic mass is 14.7. The Morgan fingerprint density at radius 2 is 1.79 bits per heavy atom. The van der Waals surface area contributed by atoms with Crippen LogP contribution in [0.4, 0.5) is 0 Å². The first kappa shape index (κ1) is 11.2. The molecule has 0 saturated heterocycles. The van der Waals surface area contributed by atoms with E-state index >= 15 is 0 Å². The molecule has 0 aliphatic carbocycles. The minimum absolute atomic E-state index is 0.209. The maximum atomic E-state index is 5.94. The Kier molecular flexibility index (Phi) is 4.63. The zero-order chi connectivity index (χ0) is 10.4. The molecule has 0 fully saturated rings. The molecule has 0 spiro atoms. The predicted octanol–water partition coefficient (Wildman–Crippen LogP) is 1.68. The molecule has 0 amide bonds. The lowest BCUT2D eigenvalue weighted by atomic mass is 10.0. The van der Waals surface area contributed by atoms with Crippen LogP contribution in [0.1, 0.15) is 25.3 Å². The van der Waals surface area contributed by atoms with Crippen molar-refractivity contribution in [3.8, 4) is 0 Å². The fraction of sp³-hybridized carbons (Fsp3) is 0.500. The second-order valence-electron chi connectivity index (χ2n) is 4.00. The van der Waals surface area contributed by atoms with Gasteiger partial charge in [-0.25, -0.2) is 0 Å². The Hall–Kier alpha value is -0.860. The topological polar surface area (TPSA) is 52.0 Å². The summed E-state index contributed by atoms with van der Waals surface area (Å²) in [5, 5.41) is 0. The summed E-state index contributed by atoms with van der Waals surface area (Å²) in [6.45, 7) is 2.00. The molecule has 78 valence electrons. The second-order valence-corrected chi connectivity index (χ2v) is 4.00. The lowest BCUT2D eigenvalue weighted by Gasteiger charge is -2.13. The maximum Gasteiger partial charge on any atom is 0.00566 e. The molecule has 2 heteroatoms. The average Bonchev–Trinajstić information content (AvgIpc) is 2.15. The number of hydrogen-bond donors (Lipinski definition) is 2. The van der Waals surface area contributed by atoms with E-state index in [-0.39, 0.29) is 12.1 Å². The highest BCUT2D eigenvalue weighted by molar-refractivity contribution is 5.14. The van der Waals surface area contributed by atoms with Crippen molar-refractivity contribution >= 4 is 0 Å². The van der Waals surface area contributed by atoms with Gasteiger partial charge in [0.1, 0.15) is 0 Å². The Labute approximate surface area is 86.3 Å². The Balaban J connectivity index is 2.27. The third kappa shape index (κ3) is 4.40. The molecule has 1 rings (SSSR count). The number of aryl methyl sites for hydroxylation is 1. The van der Waals surface area contributed by atoms with Gasteiger partial charge < -0.3 is 11.5 Å². The van der Waals surface area contributed by atoms with Gasteiger partial charge in [-0.15, -0.1) is 0 Å². The van der Waals surface area contributed by atoms with E-state index in [4.69, 9.17) is 11.5 Å². The molecule has 4 N–H and O–H groups in total. The van der Waals surface area contributed by atoms with Gasteiger partial charge in [-0.3, -0.25) is 0 Å². The molecule has 0 aliphatic rings. The molecular weight excluding hydrogens is 172 g/mol. The molecule has 2 nitrogen and oxygen atoms in total. The van der Waals surface area contributed by atoms with Crippen molar-refractivity contribution in [2.45, 2.75) is 38.3 Å². The standard InChI is InChI=1S/C12H20N2/c1-10(13)9-12(14)8-7-11-5-3-2-4-6-11/h2-6,10,12H,7-9,13-14H2,1H3. The molecule has 0 saturated carbocycles. The summed E-state index contributed by atoms with van der Waals surface area (Å²) < 4.78 is 0. The van der Waals surface area contributed by atoms with Crippen LogP contribution in [0, 0.1) is 0 Å². The third-order valence-corrected chi connectivity index (χ3v) is 2.32. The van der Waals surface area contributed by atoms with Gasteiger partial charge in [0.2, 0.25) is 0 Å². The van der Waals surface area contributed by atoms with Gasteiger partial charge in [0.15, 0.2) is 0 Å². The van der Waals surface area contributed by atoms with Crippen molar-refractivity contribution in [1.29, 1.82) is 0 Å². The quantitative estimate of drug-likeness (QED) is 0.746. The van der Waals surface area contributed by atoms with Crippen molar-refractivity contribution in [1.82, 2.24) is 0 Å². The Morgan fingerprint density at radius 1 is 1.14 bits per heavy atom. The van der Waals surface area contributed by atoms with E-state index in [2.05, 4.69) is 24.3 Å². The van der Waals surface area contributed by atoms with E-state index in [1.807, 2.05) is 13.0 Å². The van der Waals surface area contributed by atoms with Crippen LogP contribution in [0.25, 0.3) is 0 Å². The van der Waals surface area contributed by atoms with E-state index in [9.17, 15) is 0 Å². The van der Waals surface area contributed by atoms with Crippen molar-refractivity contribution in [2.75, 3.05) is 0 Å². The highest BCUT2D eigenvalue weighted by Gasteiger charge is 2.05. The molecule has 0 aliphatic heterocycles. The van der Waals surface area contributed by atoms with Crippen LogP contribution in [0.5, 0.6) is 0 Å². The zero-order valence-corrected chi connectivity index (χ0v) is 8.82. The molecule has 14 heavy (non-hydrogen) atoms. The first-order valence-corrected chi connectivity index (χ1v) is 5.23.